The van der Waals surface area contributed by atoms with Gasteiger partial charge in [-0.3, -0.25) is 9.69 Å². The van der Waals surface area contributed by atoms with Gasteiger partial charge in [0.15, 0.2) is 0 Å². The SMILES string of the molecule is CCCOc1ccccc1/C=C1\SC(=S)N(C(CCSC)C(=O)O)C1=O. The number of carboxylic acid groups (broad SMARTS) is 1. The average molecular weight is 412 g/mol. The molecule has 0 spiro atoms. The molecule has 0 aromatic heterocycles. The van der Waals surface area contributed by atoms with Crippen LogP contribution in [0, 0.1) is 0 Å². The number of para-hydroxylation sites is 1. The van der Waals surface area contributed by atoms with Gasteiger partial charge in [-0.2, -0.15) is 11.8 Å². The maximum Gasteiger partial charge on any atom is 0.326 e. The van der Waals surface area contributed by atoms with Gasteiger partial charge in [0.05, 0.1) is 11.5 Å². The summed E-state index contributed by atoms with van der Waals surface area (Å²) in [5.74, 6) is -0.0697. The van der Waals surface area contributed by atoms with Crippen LogP contribution in [0.15, 0.2) is 29.2 Å². The van der Waals surface area contributed by atoms with Crippen LogP contribution in [0.2, 0.25) is 0 Å². The van der Waals surface area contributed by atoms with Crippen LogP contribution >= 0.6 is 35.7 Å². The Morgan fingerprint density at radius 1 is 1.46 bits per heavy atom. The predicted octanol–water partition coefficient (Wildman–Crippen LogP) is 3.88. The summed E-state index contributed by atoms with van der Waals surface area (Å²) in [5, 5.41) is 9.50. The summed E-state index contributed by atoms with van der Waals surface area (Å²) in [6.07, 6.45) is 4.85. The molecule has 5 nitrogen and oxygen atoms in total. The highest BCUT2D eigenvalue weighted by Gasteiger charge is 2.40. The number of benzene rings is 1. The summed E-state index contributed by atoms with van der Waals surface area (Å²) in [7, 11) is 0. The lowest BCUT2D eigenvalue weighted by Crippen LogP contribution is -2.44. The average Bonchev–Trinajstić information content (AvgIpc) is 2.89. The normalized spacial score (nSPS) is 17.0. The highest BCUT2D eigenvalue weighted by Crippen LogP contribution is 2.36. The van der Waals surface area contributed by atoms with E-state index in [1.54, 1.807) is 6.08 Å². The molecule has 1 saturated heterocycles. The number of nitrogens with zero attached hydrogens (tertiary/aromatic N) is 1. The quantitative estimate of drug-likeness (QED) is 0.488. The van der Waals surface area contributed by atoms with Crippen LogP contribution in [0.4, 0.5) is 0 Å². The molecular formula is C18H21NO4S3. The molecular weight excluding hydrogens is 390 g/mol. The number of amides is 1. The molecule has 1 heterocycles. The molecule has 1 unspecified atom stereocenters. The minimum atomic E-state index is -1.04. The number of carbonyl (C=O) groups is 2. The van der Waals surface area contributed by atoms with E-state index in [1.807, 2.05) is 37.4 Å². The van der Waals surface area contributed by atoms with Gasteiger partial charge in [0.1, 0.15) is 16.1 Å². The van der Waals surface area contributed by atoms with Crippen molar-refractivity contribution in [3.63, 3.8) is 0 Å². The maximum atomic E-state index is 12.8. The van der Waals surface area contributed by atoms with E-state index in [4.69, 9.17) is 17.0 Å². The molecule has 1 aromatic rings. The van der Waals surface area contributed by atoms with Crippen molar-refractivity contribution in [3.05, 3.63) is 34.7 Å². The zero-order chi connectivity index (χ0) is 19.1. The number of thiocarbonyl (C=S) groups is 1. The Kier molecular flexibility index (Phi) is 7.99. The fourth-order valence-electron chi connectivity index (χ4n) is 2.43. The van der Waals surface area contributed by atoms with Gasteiger partial charge in [-0.1, -0.05) is 49.1 Å². The van der Waals surface area contributed by atoms with Crippen molar-refractivity contribution in [2.75, 3.05) is 18.6 Å². The molecule has 0 saturated carbocycles. The first kappa shape index (κ1) is 20.8. The molecule has 0 radical (unpaired) electrons. The van der Waals surface area contributed by atoms with Crippen LogP contribution in [0.1, 0.15) is 25.3 Å². The van der Waals surface area contributed by atoms with E-state index in [-0.39, 0.29) is 10.2 Å². The fraction of sp³-hybridized carbons (Fsp3) is 0.389. The molecule has 26 heavy (non-hydrogen) atoms. The zero-order valence-electron chi connectivity index (χ0n) is 14.6. The second-order valence-corrected chi connectivity index (χ2v) is 8.23. The van der Waals surface area contributed by atoms with E-state index < -0.39 is 12.0 Å². The van der Waals surface area contributed by atoms with Crippen molar-refractivity contribution < 1.29 is 19.4 Å². The summed E-state index contributed by atoms with van der Waals surface area (Å²) in [6.45, 7) is 2.61. The van der Waals surface area contributed by atoms with Crippen LogP contribution in [-0.4, -0.2) is 50.9 Å². The Labute approximate surface area is 167 Å². The van der Waals surface area contributed by atoms with E-state index >= 15 is 0 Å². The predicted molar refractivity (Wildman–Crippen MR) is 112 cm³/mol. The lowest BCUT2D eigenvalue weighted by Gasteiger charge is -2.22. The Hall–Kier alpha value is -1.51. The highest BCUT2D eigenvalue weighted by molar-refractivity contribution is 8.26. The summed E-state index contributed by atoms with van der Waals surface area (Å²) in [5.41, 5.74) is 0.775. The Balaban J connectivity index is 2.28. The molecule has 1 aliphatic heterocycles. The monoisotopic (exact) mass is 411 g/mol. The highest BCUT2D eigenvalue weighted by atomic mass is 32.2. The molecule has 0 aliphatic carbocycles. The lowest BCUT2D eigenvalue weighted by molar-refractivity contribution is -0.145. The minimum Gasteiger partial charge on any atom is -0.493 e. The van der Waals surface area contributed by atoms with Gasteiger partial charge in [0, 0.05) is 5.56 Å². The van der Waals surface area contributed by atoms with Gasteiger partial charge < -0.3 is 9.84 Å². The third-order valence-electron chi connectivity index (χ3n) is 3.68. The number of carboxylic acids is 1. The molecule has 1 aliphatic rings. The van der Waals surface area contributed by atoms with Crippen LogP contribution in [0.25, 0.3) is 6.08 Å². The maximum absolute atomic E-state index is 12.8. The molecule has 1 amide bonds. The van der Waals surface area contributed by atoms with E-state index in [0.29, 0.717) is 29.4 Å². The molecule has 1 aromatic carbocycles. The fourth-order valence-corrected chi connectivity index (χ4v) is 4.23. The van der Waals surface area contributed by atoms with Crippen molar-refractivity contribution in [2.24, 2.45) is 0 Å². The summed E-state index contributed by atoms with van der Waals surface area (Å²) < 4.78 is 6.00. The standard InChI is InChI=1S/C18H21NO4S3/c1-3-9-23-14-7-5-4-6-12(14)11-15-16(20)19(18(24)26-15)13(17(21)22)8-10-25-2/h4-7,11,13H,3,8-10H2,1-2H3,(H,21,22)/b15-11-. The van der Waals surface area contributed by atoms with Gasteiger partial charge in [0.2, 0.25) is 0 Å². The zero-order valence-corrected chi connectivity index (χ0v) is 17.1. The number of ether oxygens (including phenoxy) is 1. The van der Waals surface area contributed by atoms with Gasteiger partial charge in [-0.25, -0.2) is 4.79 Å². The van der Waals surface area contributed by atoms with Crippen molar-refractivity contribution in [1.29, 1.82) is 0 Å². The van der Waals surface area contributed by atoms with Gasteiger partial charge in [-0.05, 0) is 37.0 Å². The van der Waals surface area contributed by atoms with E-state index in [1.165, 1.54) is 16.7 Å². The molecule has 1 N–H and O–H groups in total. The first-order valence-corrected chi connectivity index (χ1v) is 10.8. The number of thioether (sulfide) groups is 2. The van der Waals surface area contributed by atoms with Gasteiger partial charge >= 0.3 is 5.97 Å². The van der Waals surface area contributed by atoms with Crippen molar-refractivity contribution >= 4 is 58.0 Å². The first-order chi connectivity index (χ1) is 12.5. The molecule has 1 fully saturated rings. The Morgan fingerprint density at radius 3 is 2.85 bits per heavy atom. The summed E-state index contributed by atoms with van der Waals surface area (Å²) >= 11 is 7.96. The smallest absolute Gasteiger partial charge is 0.326 e. The van der Waals surface area contributed by atoms with Gasteiger partial charge in [-0.15, -0.1) is 0 Å². The van der Waals surface area contributed by atoms with E-state index in [0.717, 1.165) is 23.7 Å². The molecule has 0 bridgehead atoms. The Bertz CT molecular complexity index is 720. The molecule has 1 atom stereocenters. The largest absolute Gasteiger partial charge is 0.493 e. The summed E-state index contributed by atoms with van der Waals surface area (Å²) in [4.78, 5) is 26.0. The first-order valence-electron chi connectivity index (χ1n) is 8.20. The third kappa shape index (κ3) is 5.02. The topological polar surface area (TPSA) is 66.8 Å². The molecule has 8 heteroatoms. The van der Waals surface area contributed by atoms with E-state index in [2.05, 4.69) is 0 Å². The van der Waals surface area contributed by atoms with Crippen LogP contribution < -0.4 is 4.74 Å². The van der Waals surface area contributed by atoms with Crippen LogP contribution in [0.5, 0.6) is 5.75 Å². The van der Waals surface area contributed by atoms with Gasteiger partial charge in [0.25, 0.3) is 5.91 Å². The number of hydrogen-bond donors (Lipinski definition) is 1. The van der Waals surface area contributed by atoms with Crippen LogP contribution in [-0.2, 0) is 9.59 Å². The second-order valence-electron chi connectivity index (χ2n) is 5.57. The van der Waals surface area contributed by atoms with Crippen LogP contribution in [0.3, 0.4) is 0 Å². The van der Waals surface area contributed by atoms with Crippen molar-refractivity contribution in [2.45, 2.75) is 25.8 Å². The summed E-state index contributed by atoms with van der Waals surface area (Å²) in [6, 6.07) is 6.51. The van der Waals surface area contributed by atoms with Crippen molar-refractivity contribution in [1.82, 2.24) is 4.90 Å². The molecule has 2 rings (SSSR count). The number of aliphatic carboxylic acids is 1. The Morgan fingerprint density at radius 2 is 2.19 bits per heavy atom. The third-order valence-corrected chi connectivity index (χ3v) is 5.66. The number of carbonyl (C=O) groups excluding carboxylic acids is 1. The second kappa shape index (κ2) is 9.99. The van der Waals surface area contributed by atoms with Crippen molar-refractivity contribution in [3.8, 4) is 5.75 Å². The van der Waals surface area contributed by atoms with E-state index in [9.17, 15) is 14.7 Å². The number of hydrogen-bond acceptors (Lipinski definition) is 6. The minimum absolute atomic E-state index is 0.279. The molecule has 140 valence electrons. The lowest BCUT2D eigenvalue weighted by atomic mass is 10.1. The number of rotatable bonds is 9.